The second kappa shape index (κ2) is 7.69. The first-order chi connectivity index (χ1) is 13.1. The molecule has 0 aromatic carbocycles. The van der Waals surface area contributed by atoms with E-state index in [9.17, 15) is 4.79 Å². The number of anilines is 3. The summed E-state index contributed by atoms with van der Waals surface area (Å²) < 4.78 is 5.53. The van der Waals surface area contributed by atoms with Crippen molar-refractivity contribution in [1.82, 2.24) is 20.1 Å². The fourth-order valence-electron chi connectivity index (χ4n) is 3.25. The summed E-state index contributed by atoms with van der Waals surface area (Å²) in [6, 6.07) is 6.03. The van der Waals surface area contributed by atoms with Crippen molar-refractivity contribution >= 4 is 23.5 Å². The van der Waals surface area contributed by atoms with Crippen molar-refractivity contribution in [3.8, 4) is 0 Å². The maximum atomic E-state index is 12.4. The van der Waals surface area contributed by atoms with Crippen LogP contribution in [0.2, 0.25) is 0 Å². The maximum absolute atomic E-state index is 12.4. The summed E-state index contributed by atoms with van der Waals surface area (Å²) in [4.78, 5) is 21.2. The zero-order valence-corrected chi connectivity index (χ0v) is 17.5. The molecule has 0 radical (unpaired) electrons. The van der Waals surface area contributed by atoms with Crippen molar-refractivity contribution < 1.29 is 9.53 Å². The average molecular weight is 387 g/mol. The predicted octanol–water partition coefficient (Wildman–Crippen LogP) is 3.61. The zero-order valence-electron chi connectivity index (χ0n) is 17.5. The normalized spacial score (nSPS) is 17.6. The molecule has 1 fully saturated rings. The Balaban J connectivity index is 1.70. The van der Waals surface area contributed by atoms with Gasteiger partial charge in [0.2, 0.25) is 0 Å². The van der Waals surface area contributed by atoms with Gasteiger partial charge >= 0.3 is 6.09 Å². The van der Waals surface area contributed by atoms with Crippen LogP contribution in [0.25, 0.3) is 0 Å². The monoisotopic (exact) mass is 386 g/mol. The third-order valence-electron chi connectivity index (χ3n) is 4.50. The van der Waals surface area contributed by atoms with Gasteiger partial charge in [-0.05, 0) is 59.2 Å². The molecule has 0 bridgehead atoms. The van der Waals surface area contributed by atoms with Gasteiger partial charge in [0, 0.05) is 37.4 Å². The number of nitrogens with zero attached hydrogens (tertiary/aromatic N) is 4. The molecule has 1 saturated heterocycles. The van der Waals surface area contributed by atoms with E-state index in [1.165, 1.54) is 0 Å². The molecule has 2 aromatic heterocycles. The number of pyridine rings is 1. The van der Waals surface area contributed by atoms with Crippen LogP contribution in [0.4, 0.5) is 22.2 Å². The van der Waals surface area contributed by atoms with Crippen LogP contribution in [0.15, 0.2) is 18.2 Å². The van der Waals surface area contributed by atoms with Crippen molar-refractivity contribution in [3.63, 3.8) is 0 Å². The summed E-state index contributed by atoms with van der Waals surface area (Å²) in [7, 11) is 0. The number of aromatic nitrogens is 3. The standard InChI is InChI=1S/C20H30N6O2/c1-13-9-16(21-17-11-14(2)23-24-17)22-18(10-13)25-7-8-26(15(3)12-25)19(27)28-20(4,5)6/h9-11,15H,7-8,12H2,1-6H3,(H2,21,22,23,24)/t15-/m0/s1. The third-order valence-corrected chi connectivity index (χ3v) is 4.50. The fourth-order valence-corrected chi connectivity index (χ4v) is 3.25. The highest BCUT2D eigenvalue weighted by Gasteiger charge is 2.31. The zero-order chi connectivity index (χ0) is 20.5. The minimum absolute atomic E-state index is 0.0383. The van der Waals surface area contributed by atoms with Crippen LogP contribution in [0.1, 0.15) is 39.0 Å². The molecule has 3 rings (SSSR count). The quantitative estimate of drug-likeness (QED) is 0.838. The number of rotatable bonds is 3. The van der Waals surface area contributed by atoms with Crippen molar-refractivity contribution in [2.75, 3.05) is 29.9 Å². The third kappa shape index (κ3) is 4.94. The lowest BCUT2D eigenvalue weighted by Crippen LogP contribution is -2.55. The highest BCUT2D eigenvalue weighted by Crippen LogP contribution is 2.24. The van der Waals surface area contributed by atoms with E-state index < -0.39 is 5.60 Å². The molecule has 1 atom stereocenters. The number of carbonyl (C=O) groups excluding carboxylic acids is 1. The molecule has 8 nitrogen and oxygen atoms in total. The second-order valence-corrected chi connectivity index (χ2v) is 8.42. The molecule has 0 spiro atoms. The van der Waals surface area contributed by atoms with Gasteiger partial charge in [0.25, 0.3) is 0 Å². The number of piperazine rings is 1. The van der Waals surface area contributed by atoms with E-state index in [2.05, 4.69) is 26.5 Å². The molecule has 2 aromatic rings. The summed E-state index contributed by atoms with van der Waals surface area (Å²) in [6.07, 6.45) is -0.256. The molecular formula is C20H30N6O2. The molecule has 8 heteroatoms. The Morgan fingerprint density at radius 1 is 1.21 bits per heavy atom. The first-order valence-corrected chi connectivity index (χ1v) is 9.63. The van der Waals surface area contributed by atoms with Crippen molar-refractivity contribution in [3.05, 3.63) is 29.5 Å². The van der Waals surface area contributed by atoms with E-state index in [0.717, 1.165) is 28.7 Å². The van der Waals surface area contributed by atoms with Gasteiger partial charge in [-0.1, -0.05) is 0 Å². The van der Waals surface area contributed by atoms with Gasteiger partial charge in [-0.25, -0.2) is 9.78 Å². The van der Waals surface area contributed by atoms with Gasteiger partial charge in [-0.2, -0.15) is 5.10 Å². The second-order valence-electron chi connectivity index (χ2n) is 8.42. The van der Waals surface area contributed by atoms with E-state index >= 15 is 0 Å². The van der Waals surface area contributed by atoms with Crippen molar-refractivity contribution in [2.24, 2.45) is 0 Å². The van der Waals surface area contributed by atoms with Gasteiger partial charge in [-0.3, -0.25) is 5.10 Å². The molecule has 28 heavy (non-hydrogen) atoms. The molecule has 0 saturated carbocycles. The number of aryl methyl sites for hydroxylation is 2. The summed E-state index contributed by atoms with van der Waals surface area (Å²) >= 11 is 0. The van der Waals surface area contributed by atoms with Crippen molar-refractivity contribution in [2.45, 2.75) is 53.2 Å². The smallest absolute Gasteiger partial charge is 0.410 e. The Morgan fingerprint density at radius 3 is 2.57 bits per heavy atom. The Hall–Kier alpha value is -2.77. The number of hydrogen-bond acceptors (Lipinski definition) is 6. The van der Waals surface area contributed by atoms with Crippen LogP contribution in [0, 0.1) is 13.8 Å². The molecule has 152 valence electrons. The molecule has 1 aliphatic heterocycles. The maximum Gasteiger partial charge on any atom is 0.410 e. The molecule has 2 N–H and O–H groups in total. The molecule has 1 aliphatic rings. The molecule has 0 aliphatic carbocycles. The lowest BCUT2D eigenvalue weighted by molar-refractivity contribution is 0.0158. The first kappa shape index (κ1) is 20.0. The Morgan fingerprint density at radius 2 is 1.96 bits per heavy atom. The van der Waals surface area contributed by atoms with Gasteiger partial charge in [-0.15, -0.1) is 0 Å². The molecule has 3 heterocycles. The molecule has 0 unspecified atom stereocenters. The lowest BCUT2D eigenvalue weighted by atomic mass is 10.1. The summed E-state index contributed by atoms with van der Waals surface area (Å²) in [5, 5.41) is 10.4. The van der Waals surface area contributed by atoms with Crippen LogP contribution < -0.4 is 10.2 Å². The van der Waals surface area contributed by atoms with E-state index in [4.69, 9.17) is 9.72 Å². The number of carbonyl (C=O) groups is 1. The number of ether oxygens (including phenoxy) is 1. The minimum atomic E-state index is -0.489. The average Bonchev–Trinajstić information content (AvgIpc) is 2.97. The predicted molar refractivity (Wildman–Crippen MR) is 110 cm³/mol. The van der Waals surface area contributed by atoms with E-state index in [-0.39, 0.29) is 12.1 Å². The topological polar surface area (TPSA) is 86.4 Å². The van der Waals surface area contributed by atoms with E-state index in [1.54, 1.807) is 4.90 Å². The number of aromatic amines is 1. The van der Waals surface area contributed by atoms with Crippen LogP contribution in [0.5, 0.6) is 0 Å². The Bertz CT molecular complexity index is 841. The minimum Gasteiger partial charge on any atom is -0.444 e. The Kier molecular flexibility index (Phi) is 5.49. The highest BCUT2D eigenvalue weighted by molar-refractivity contribution is 5.69. The van der Waals surface area contributed by atoms with Crippen LogP contribution in [0.3, 0.4) is 0 Å². The fraction of sp³-hybridized carbons (Fsp3) is 0.550. The summed E-state index contributed by atoms with van der Waals surface area (Å²) in [5.41, 5.74) is 1.61. The largest absolute Gasteiger partial charge is 0.444 e. The Labute approximate surface area is 166 Å². The lowest BCUT2D eigenvalue weighted by Gasteiger charge is -2.40. The highest BCUT2D eigenvalue weighted by atomic mass is 16.6. The van der Waals surface area contributed by atoms with Gasteiger partial charge in [0.05, 0.1) is 0 Å². The van der Waals surface area contributed by atoms with Gasteiger partial charge < -0.3 is 19.9 Å². The van der Waals surface area contributed by atoms with Gasteiger partial charge in [0.15, 0.2) is 5.82 Å². The SMILES string of the molecule is Cc1cc(Nc2cc(C)[nH]n2)nc(N2CCN(C(=O)OC(C)(C)C)[C@@H](C)C2)c1. The number of H-pyrrole nitrogens is 1. The summed E-state index contributed by atoms with van der Waals surface area (Å²) in [6.45, 7) is 13.7. The van der Waals surface area contributed by atoms with Gasteiger partial charge in [0.1, 0.15) is 17.2 Å². The first-order valence-electron chi connectivity index (χ1n) is 9.63. The van der Waals surface area contributed by atoms with Crippen LogP contribution in [-0.2, 0) is 4.74 Å². The summed E-state index contributed by atoms with van der Waals surface area (Å²) in [5.74, 6) is 2.39. The van der Waals surface area contributed by atoms with Crippen molar-refractivity contribution in [1.29, 1.82) is 0 Å². The van der Waals surface area contributed by atoms with E-state index in [0.29, 0.717) is 19.6 Å². The molecule has 1 amide bonds. The number of nitrogens with one attached hydrogen (secondary N) is 2. The molecular weight excluding hydrogens is 356 g/mol. The number of amides is 1. The van der Waals surface area contributed by atoms with Crippen LogP contribution >= 0.6 is 0 Å². The van der Waals surface area contributed by atoms with Crippen LogP contribution in [-0.4, -0.2) is 57.5 Å². The van der Waals surface area contributed by atoms with E-state index in [1.807, 2.05) is 53.7 Å². The number of hydrogen-bond donors (Lipinski definition) is 2.